The summed E-state index contributed by atoms with van der Waals surface area (Å²) in [6, 6.07) is 13.2. The number of ether oxygens (including phenoxy) is 1. The lowest BCUT2D eigenvalue weighted by Crippen LogP contribution is -1.99. The summed E-state index contributed by atoms with van der Waals surface area (Å²) in [5.74, 6) is 0.0522. The molecular formula is C16H13FN2O2. The average Bonchev–Trinajstić information content (AvgIpc) is 2.53. The molecule has 2 aromatic rings. The lowest BCUT2D eigenvalue weighted by molar-refractivity contribution is 0.306. The fourth-order valence-electron chi connectivity index (χ4n) is 1.78. The Labute approximate surface area is 121 Å². The summed E-state index contributed by atoms with van der Waals surface area (Å²) in [5, 5.41) is 20.7. The van der Waals surface area contributed by atoms with Gasteiger partial charge in [0.1, 0.15) is 24.2 Å². The second-order valence-corrected chi connectivity index (χ2v) is 4.43. The summed E-state index contributed by atoms with van der Waals surface area (Å²) < 4.78 is 18.8. The zero-order valence-electron chi connectivity index (χ0n) is 11.4. The van der Waals surface area contributed by atoms with Crippen LogP contribution in [0.3, 0.4) is 0 Å². The van der Waals surface area contributed by atoms with Gasteiger partial charge >= 0.3 is 0 Å². The largest absolute Gasteiger partial charge is 0.489 e. The normalized spacial score (nSPS) is 11.0. The van der Waals surface area contributed by atoms with E-state index in [4.69, 9.17) is 15.2 Å². The third-order valence-corrected chi connectivity index (χ3v) is 2.96. The van der Waals surface area contributed by atoms with Crippen molar-refractivity contribution in [2.24, 2.45) is 5.16 Å². The van der Waals surface area contributed by atoms with Crippen molar-refractivity contribution in [2.45, 2.75) is 13.5 Å². The van der Waals surface area contributed by atoms with Crippen molar-refractivity contribution < 1.29 is 14.3 Å². The van der Waals surface area contributed by atoms with Gasteiger partial charge in [0.25, 0.3) is 0 Å². The minimum atomic E-state index is -0.543. The molecule has 21 heavy (non-hydrogen) atoms. The van der Waals surface area contributed by atoms with Gasteiger partial charge in [-0.15, -0.1) is 0 Å². The van der Waals surface area contributed by atoms with Gasteiger partial charge in [-0.05, 0) is 36.8 Å². The number of hydrogen-bond acceptors (Lipinski definition) is 4. The average molecular weight is 284 g/mol. The Bertz CT molecular complexity index is 720. The first kappa shape index (κ1) is 14.5. The fourth-order valence-corrected chi connectivity index (χ4v) is 1.78. The molecule has 4 nitrogen and oxygen atoms in total. The molecule has 0 radical (unpaired) electrons. The van der Waals surface area contributed by atoms with E-state index < -0.39 is 5.82 Å². The van der Waals surface area contributed by atoms with Crippen LogP contribution in [0.2, 0.25) is 0 Å². The first-order valence-corrected chi connectivity index (χ1v) is 6.24. The molecule has 106 valence electrons. The number of halogens is 1. The van der Waals surface area contributed by atoms with Crippen molar-refractivity contribution in [3.8, 4) is 11.8 Å². The Morgan fingerprint density at radius 3 is 2.86 bits per heavy atom. The van der Waals surface area contributed by atoms with E-state index in [0.29, 0.717) is 17.0 Å². The Morgan fingerprint density at radius 1 is 1.33 bits per heavy atom. The standard InChI is InChI=1S/C16H13FN2O2/c1-11(19-20)13-3-2-4-15(8-13)21-10-12-5-6-16(17)14(7-12)9-18/h2-8,20H,10H2,1H3/b19-11-. The number of benzene rings is 2. The Hall–Kier alpha value is -2.87. The topological polar surface area (TPSA) is 65.6 Å². The molecule has 0 aromatic heterocycles. The molecule has 2 rings (SSSR count). The molecule has 0 saturated carbocycles. The maximum absolute atomic E-state index is 13.2. The van der Waals surface area contributed by atoms with Crippen LogP contribution in [0.1, 0.15) is 23.6 Å². The number of oxime groups is 1. The van der Waals surface area contributed by atoms with Gasteiger partial charge in [-0.2, -0.15) is 5.26 Å². The summed E-state index contributed by atoms with van der Waals surface area (Å²) >= 11 is 0. The predicted molar refractivity (Wildman–Crippen MR) is 75.9 cm³/mol. The second kappa shape index (κ2) is 6.53. The highest BCUT2D eigenvalue weighted by Crippen LogP contribution is 2.17. The molecule has 5 heteroatoms. The van der Waals surface area contributed by atoms with Gasteiger partial charge in [-0.3, -0.25) is 0 Å². The predicted octanol–water partition coefficient (Wildman–Crippen LogP) is 3.47. The molecule has 0 aliphatic rings. The van der Waals surface area contributed by atoms with E-state index in [2.05, 4.69) is 5.16 Å². The Balaban J connectivity index is 2.12. The molecule has 0 atom stereocenters. The number of hydrogen-bond donors (Lipinski definition) is 1. The number of nitrogens with zero attached hydrogens (tertiary/aromatic N) is 2. The molecule has 0 spiro atoms. The van der Waals surface area contributed by atoms with Crippen molar-refractivity contribution in [1.82, 2.24) is 0 Å². The van der Waals surface area contributed by atoms with E-state index in [1.54, 1.807) is 43.3 Å². The van der Waals surface area contributed by atoms with Crippen LogP contribution < -0.4 is 4.74 Å². The molecule has 0 unspecified atom stereocenters. The minimum Gasteiger partial charge on any atom is -0.489 e. The van der Waals surface area contributed by atoms with Gasteiger partial charge in [0.2, 0.25) is 0 Å². The van der Waals surface area contributed by atoms with Gasteiger partial charge in [-0.25, -0.2) is 4.39 Å². The maximum atomic E-state index is 13.2. The van der Waals surface area contributed by atoms with Crippen LogP contribution in [0.25, 0.3) is 0 Å². The van der Waals surface area contributed by atoms with Crippen LogP contribution in [0.15, 0.2) is 47.6 Å². The van der Waals surface area contributed by atoms with Gasteiger partial charge < -0.3 is 9.94 Å². The quantitative estimate of drug-likeness (QED) is 0.531. The van der Waals surface area contributed by atoms with E-state index >= 15 is 0 Å². The molecule has 0 aliphatic carbocycles. The second-order valence-electron chi connectivity index (χ2n) is 4.43. The summed E-state index contributed by atoms with van der Waals surface area (Å²) in [5.41, 5.74) is 1.92. The fraction of sp³-hybridized carbons (Fsp3) is 0.125. The highest BCUT2D eigenvalue weighted by atomic mass is 19.1. The van der Waals surface area contributed by atoms with E-state index in [1.165, 1.54) is 12.1 Å². The highest BCUT2D eigenvalue weighted by molar-refractivity contribution is 5.98. The number of nitriles is 1. The van der Waals surface area contributed by atoms with Crippen LogP contribution >= 0.6 is 0 Å². The molecule has 0 fully saturated rings. The van der Waals surface area contributed by atoms with Gasteiger partial charge in [-0.1, -0.05) is 23.4 Å². The first-order chi connectivity index (χ1) is 10.1. The zero-order valence-corrected chi connectivity index (χ0v) is 11.4. The maximum Gasteiger partial charge on any atom is 0.140 e. The molecular weight excluding hydrogens is 271 g/mol. The minimum absolute atomic E-state index is 0.00638. The van der Waals surface area contributed by atoms with Crippen molar-refractivity contribution in [3.05, 3.63) is 65.0 Å². The Kier molecular flexibility index (Phi) is 4.52. The Morgan fingerprint density at radius 2 is 2.14 bits per heavy atom. The van der Waals surface area contributed by atoms with Crippen LogP contribution in [0.5, 0.6) is 5.75 Å². The third-order valence-electron chi connectivity index (χ3n) is 2.96. The smallest absolute Gasteiger partial charge is 0.140 e. The highest BCUT2D eigenvalue weighted by Gasteiger charge is 2.04. The molecule has 0 saturated heterocycles. The lowest BCUT2D eigenvalue weighted by atomic mass is 10.1. The summed E-state index contributed by atoms with van der Waals surface area (Å²) in [7, 11) is 0. The van der Waals surface area contributed by atoms with Crippen molar-refractivity contribution in [3.63, 3.8) is 0 Å². The van der Waals surface area contributed by atoms with Crippen molar-refractivity contribution >= 4 is 5.71 Å². The van der Waals surface area contributed by atoms with Crippen LogP contribution in [0, 0.1) is 17.1 Å². The van der Waals surface area contributed by atoms with E-state index in [0.717, 1.165) is 5.56 Å². The molecule has 1 N–H and O–H groups in total. The van der Waals surface area contributed by atoms with Crippen molar-refractivity contribution in [2.75, 3.05) is 0 Å². The van der Waals surface area contributed by atoms with Crippen molar-refractivity contribution in [1.29, 1.82) is 5.26 Å². The monoisotopic (exact) mass is 284 g/mol. The van der Waals surface area contributed by atoms with E-state index in [-0.39, 0.29) is 12.2 Å². The van der Waals surface area contributed by atoms with Crippen LogP contribution in [-0.2, 0) is 6.61 Å². The number of rotatable bonds is 4. The van der Waals surface area contributed by atoms with Gasteiger partial charge in [0.15, 0.2) is 0 Å². The molecule has 0 bridgehead atoms. The summed E-state index contributed by atoms with van der Waals surface area (Å²) in [4.78, 5) is 0. The molecule has 0 aliphatic heterocycles. The molecule has 0 heterocycles. The summed E-state index contributed by atoms with van der Waals surface area (Å²) in [6.07, 6.45) is 0. The van der Waals surface area contributed by atoms with E-state index in [9.17, 15) is 4.39 Å². The first-order valence-electron chi connectivity index (χ1n) is 6.24. The van der Waals surface area contributed by atoms with Crippen LogP contribution in [0.4, 0.5) is 4.39 Å². The van der Waals surface area contributed by atoms with Gasteiger partial charge in [0.05, 0.1) is 11.3 Å². The SMILES string of the molecule is C/C(=N/O)c1cccc(OCc2ccc(F)c(C#N)c2)c1. The lowest BCUT2D eigenvalue weighted by Gasteiger charge is -2.08. The van der Waals surface area contributed by atoms with E-state index in [1.807, 2.05) is 0 Å². The molecule has 2 aromatic carbocycles. The van der Waals surface area contributed by atoms with Gasteiger partial charge in [0, 0.05) is 5.56 Å². The van der Waals surface area contributed by atoms with Crippen LogP contribution in [-0.4, -0.2) is 10.9 Å². The summed E-state index contributed by atoms with van der Waals surface area (Å²) in [6.45, 7) is 1.89. The zero-order chi connectivity index (χ0) is 15.2. The third kappa shape index (κ3) is 3.57. The molecule has 0 amide bonds.